The van der Waals surface area contributed by atoms with E-state index in [9.17, 15) is 14.4 Å². The first-order valence-electron chi connectivity index (χ1n) is 8.54. The number of hydrogen-bond acceptors (Lipinski definition) is 5. The lowest BCUT2D eigenvalue weighted by molar-refractivity contribution is -0.150. The molecule has 1 N–H and O–H groups in total. The summed E-state index contributed by atoms with van der Waals surface area (Å²) in [6.45, 7) is -0.571. The van der Waals surface area contributed by atoms with E-state index in [-0.39, 0.29) is 35.7 Å². The summed E-state index contributed by atoms with van der Waals surface area (Å²) >= 11 is 5.95. The molecule has 2 amide bonds. The lowest BCUT2D eigenvalue weighted by Crippen LogP contribution is -2.41. The first kappa shape index (κ1) is 15.8. The molecule has 2 aliphatic heterocycles. The number of nitrogens with zero attached hydrogens (tertiary/aromatic N) is 2. The van der Waals surface area contributed by atoms with Gasteiger partial charge in [0.25, 0.3) is 0 Å². The molecule has 6 atom stereocenters. The first-order chi connectivity index (χ1) is 12.5. The number of oxime groups is 1. The van der Waals surface area contributed by atoms with Crippen LogP contribution >= 0.6 is 11.6 Å². The Hall–Kier alpha value is -2.41. The molecule has 1 saturated heterocycles. The standard InChI is InChI=1S/C18H15ClN2O5/c19-8-3-1-7(2-4-8)15-14-9-5-10(16(14)26-20-15)13-12(9)17(24)21(18(13)25)6-11(22)23/h1-4,9-10,12-14,16H,5-6H2,(H,22,23)/t9-,10+,12+,13-,14+,16+/m0/s1. The van der Waals surface area contributed by atoms with Crippen molar-refractivity contribution >= 4 is 35.1 Å². The molecule has 5 rings (SSSR count). The van der Waals surface area contributed by atoms with Crippen molar-refractivity contribution in [2.75, 3.05) is 6.54 Å². The van der Waals surface area contributed by atoms with E-state index in [2.05, 4.69) is 5.16 Å². The number of rotatable bonds is 3. The van der Waals surface area contributed by atoms with Gasteiger partial charge in [0.05, 0.1) is 17.5 Å². The van der Waals surface area contributed by atoms with E-state index in [1.54, 1.807) is 12.1 Å². The van der Waals surface area contributed by atoms with Crippen LogP contribution in [0, 0.1) is 29.6 Å². The molecule has 2 bridgehead atoms. The van der Waals surface area contributed by atoms with Gasteiger partial charge in [0.15, 0.2) is 0 Å². The van der Waals surface area contributed by atoms with Crippen LogP contribution in [-0.2, 0) is 19.2 Å². The van der Waals surface area contributed by atoms with Gasteiger partial charge in [-0.1, -0.05) is 28.9 Å². The molecule has 0 unspecified atom stereocenters. The van der Waals surface area contributed by atoms with Gasteiger partial charge in [-0.3, -0.25) is 19.3 Å². The summed E-state index contributed by atoms with van der Waals surface area (Å²) in [4.78, 5) is 43.0. The number of carboxylic acid groups (broad SMARTS) is 1. The third kappa shape index (κ3) is 1.95. The minimum Gasteiger partial charge on any atom is -0.480 e. The van der Waals surface area contributed by atoms with Crippen molar-refractivity contribution in [3.8, 4) is 0 Å². The highest BCUT2D eigenvalue weighted by atomic mass is 35.5. The van der Waals surface area contributed by atoms with Crippen molar-refractivity contribution in [3.63, 3.8) is 0 Å². The quantitative estimate of drug-likeness (QED) is 0.806. The zero-order chi connectivity index (χ0) is 18.2. The predicted octanol–water partition coefficient (Wildman–Crippen LogP) is 1.39. The lowest BCUT2D eigenvalue weighted by Gasteiger charge is -2.29. The van der Waals surface area contributed by atoms with Crippen molar-refractivity contribution in [2.24, 2.45) is 34.7 Å². The molecular formula is C18H15ClN2O5. The average Bonchev–Trinajstić information content (AvgIpc) is 3.32. The summed E-state index contributed by atoms with van der Waals surface area (Å²) in [5.41, 5.74) is 1.68. The van der Waals surface area contributed by atoms with Crippen LogP contribution in [0.1, 0.15) is 12.0 Å². The van der Waals surface area contributed by atoms with Gasteiger partial charge in [-0.15, -0.1) is 0 Å². The third-order valence-corrected chi connectivity index (χ3v) is 6.47. The second-order valence-electron chi connectivity index (χ2n) is 7.35. The van der Waals surface area contributed by atoms with Crippen molar-refractivity contribution in [2.45, 2.75) is 12.5 Å². The normalized spacial score (nSPS) is 36.8. The molecule has 2 saturated carbocycles. The van der Waals surface area contributed by atoms with Crippen LogP contribution in [-0.4, -0.2) is 46.2 Å². The molecule has 2 heterocycles. The maximum Gasteiger partial charge on any atom is 0.323 e. The van der Waals surface area contributed by atoms with E-state index < -0.39 is 24.3 Å². The molecule has 2 aliphatic carbocycles. The monoisotopic (exact) mass is 374 g/mol. The summed E-state index contributed by atoms with van der Waals surface area (Å²) in [6.07, 6.45) is 0.504. The number of hydrogen-bond donors (Lipinski definition) is 1. The Bertz CT molecular complexity index is 867. The molecule has 0 spiro atoms. The fraction of sp³-hybridized carbons (Fsp3) is 0.444. The third-order valence-electron chi connectivity index (χ3n) is 6.22. The Balaban J connectivity index is 1.47. The van der Waals surface area contributed by atoms with Gasteiger partial charge < -0.3 is 9.94 Å². The molecule has 4 aliphatic rings. The maximum atomic E-state index is 12.7. The zero-order valence-corrected chi connectivity index (χ0v) is 14.3. The number of carbonyl (C=O) groups is 3. The highest BCUT2D eigenvalue weighted by molar-refractivity contribution is 6.30. The summed E-state index contributed by atoms with van der Waals surface area (Å²) in [6, 6.07) is 7.30. The number of halogens is 1. The number of benzene rings is 1. The molecule has 1 aromatic carbocycles. The van der Waals surface area contributed by atoms with Gasteiger partial charge in [-0.05, 0) is 30.0 Å². The number of carboxylic acids is 1. The van der Waals surface area contributed by atoms with Crippen molar-refractivity contribution in [3.05, 3.63) is 34.9 Å². The molecule has 3 fully saturated rings. The van der Waals surface area contributed by atoms with Crippen LogP contribution in [0.2, 0.25) is 5.02 Å². The first-order valence-corrected chi connectivity index (χ1v) is 8.92. The molecule has 8 heteroatoms. The van der Waals surface area contributed by atoms with E-state index in [0.717, 1.165) is 22.6 Å². The van der Waals surface area contributed by atoms with Crippen molar-refractivity contribution in [1.29, 1.82) is 0 Å². The Morgan fingerprint density at radius 1 is 1.15 bits per heavy atom. The topological polar surface area (TPSA) is 96.3 Å². The fourth-order valence-corrected chi connectivity index (χ4v) is 5.46. The van der Waals surface area contributed by atoms with Gasteiger partial charge in [0.2, 0.25) is 11.8 Å². The van der Waals surface area contributed by atoms with Crippen molar-refractivity contribution < 1.29 is 24.3 Å². The van der Waals surface area contributed by atoms with Crippen LogP contribution < -0.4 is 0 Å². The van der Waals surface area contributed by atoms with Crippen molar-refractivity contribution in [1.82, 2.24) is 4.90 Å². The van der Waals surface area contributed by atoms with E-state index in [0.29, 0.717) is 5.02 Å². The molecule has 26 heavy (non-hydrogen) atoms. The van der Waals surface area contributed by atoms with Crippen LogP contribution in [0.5, 0.6) is 0 Å². The Morgan fingerprint density at radius 3 is 2.46 bits per heavy atom. The van der Waals surface area contributed by atoms with Crippen LogP contribution in [0.4, 0.5) is 0 Å². The number of imide groups is 1. The smallest absolute Gasteiger partial charge is 0.323 e. The molecule has 1 aromatic rings. The average molecular weight is 375 g/mol. The molecule has 134 valence electrons. The van der Waals surface area contributed by atoms with E-state index >= 15 is 0 Å². The van der Waals surface area contributed by atoms with Gasteiger partial charge in [-0.2, -0.15) is 0 Å². The Labute approximate surface area is 153 Å². The SMILES string of the molecule is O=C(O)CN1C(=O)[C@@H]2[C@@H]3C[C@@H]([C@H]4ON=C(c5ccc(Cl)cc5)[C@@H]34)[C@@H]2C1=O. The largest absolute Gasteiger partial charge is 0.480 e. The second kappa shape index (κ2) is 5.30. The van der Waals surface area contributed by atoms with E-state index in [1.165, 1.54) is 0 Å². The molecule has 0 radical (unpaired) electrons. The highest BCUT2D eigenvalue weighted by Crippen LogP contribution is 2.61. The molecule has 0 aromatic heterocycles. The van der Waals surface area contributed by atoms with Crippen LogP contribution in [0.15, 0.2) is 29.4 Å². The number of likely N-dealkylation sites (tertiary alicyclic amines) is 1. The summed E-state index contributed by atoms with van der Waals surface area (Å²) in [7, 11) is 0. The molecule has 7 nitrogen and oxygen atoms in total. The summed E-state index contributed by atoms with van der Waals surface area (Å²) in [5.74, 6) is -3.07. The maximum absolute atomic E-state index is 12.7. The number of fused-ring (bicyclic) bond motifs is 8. The molecular weight excluding hydrogens is 360 g/mol. The lowest BCUT2D eigenvalue weighted by atomic mass is 9.71. The van der Waals surface area contributed by atoms with E-state index in [4.69, 9.17) is 21.5 Å². The Kier molecular flexibility index (Phi) is 3.22. The highest BCUT2D eigenvalue weighted by Gasteiger charge is 2.70. The van der Waals surface area contributed by atoms with Gasteiger partial charge in [-0.25, -0.2) is 0 Å². The zero-order valence-electron chi connectivity index (χ0n) is 13.5. The number of carbonyl (C=O) groups excluding carboxylic acids is 2. The minimum absolute atomic E-state index is 0.0519. The number of aliphatic carboxylic acids is 1. The summed E-state index contributed by atoms with van der Waals surface area (Å²) in [5, 5.41) is 13.9. The van der Waals surface area contributed by atoms with Gasteiger partial charge in [0, 0.05) is 16.9 Å². The van der Waals surface area contributed by atoms with Gasteiger partial charge in [0.1, 0.15) is 12.6 Å². The van der Waals surface area contributed by atoms with Crippen LogP contribution in [0.25, 0.3) is 0 Å². The van der Waals surface area contributed by atoms with E-state index in [1.807, 2.05) is 12.1 Å². The second-order valence-corrected chi connectivity index (χ2v) is 7.79. The van der Waals surface area contributed by atoms with Crippen LogP contribution in [0.3, 0.4) is 0 Å². The fourth-order valence-electron chi connectivity index (χ4n) is 5.34. The minimum atomic E-state index is -1.18. The van der Waals surface area contributed by atoms with Gasteiger partial charge >= 0.3 is 5.97 Å². The Morgan fingerprint density at radius 2 is 1.81 bits per heavy atom. The number of amides is 2. The predicted molar refractivity (Wildman–Crippen MR) is 89.3 cm³/mol. The summed E-state index contributed by atoms with van der Waals surface area (Å²) < 4.78 is 0.